The van der Waals surface area contributed by atoms with Gasteiger partial charge in [-0.3, -0.25) is 4.84 Å². The molecule has 0 aliphatic carbocycles. The lowest BCUT2D eigenvalue weighted by molar-refractivity contribution is -0.494. The topological polar surface area (TPSA) is 12.5 Å². The van der Waals surface area contributed by atoms with E-state index in [4.69, 9.17) is 0 Å². The molecule has 0 rings (SSSR count). The lowest BCUT2D eigenvalue weighted by Crippen LogP contribution is -2.50. The molecule has 0 aromatic carbocycles. The van der Waals surface area contributed by atoms with Crippen LogP contribution in [0.5, 0.6) is 0 Å². The maximum Gasteiger partial charge on any atom is 0.490 e. The second kappa shape index (κ2) is 4.56. The third-order valence-corrected chi connectivity index (χ3v) is 1.60. The number of hydroxylamine groups is 2. The Balaban J connectivity index is 4.85. The molecular formula is C4HBrF9NO. The van der Waals surface area contributed by atoms with Gasteiger partial charge in [-0.1, -0.05) is 0 Å². The van der Waals surface area contributed by atoms with Crippen LogP contribution in [0.25, 0.3) is 0 Å². The molecule has 0 N–H and O–H groups in total. The largest absolute Gasteiger partial charge is 0.490 e. The molecule has 2 nitrogen and oxygen atoms in total. The standard InChI is InChI=1S/C4HBrF9NO/c5-1(2(6,7)8)16-15(3(9,10)11)4(12,13)14/h1H. The highest BCUT2D eigenvalue weighted by atomic mass is 79.9. The van der Waals surface area contributed by atoms with Gasteiger partial charge < -0.3 is 0 Å². The zero-order valence-corrected chi connectivity index (χ0v) is 8.30. The Hall–Kier alpha value is -0.230. The molecule has 12 heteroatoms. The summed E-state index contributed by atoms with van der Waals surface area (Å²) in [7, 11) is 0. The number of hydrogen-bond donors (Lipinski definition) is 0. The molecule has 0 aliphatic heterocycles. The zero-order chi connectivity index (χ0) is 13.4. The average molecular weight is 330 g/mol. The van der Waals surface area contributed by atoms with E-state index in [1.165, 1.54) is 15.9 Å². The summed E-state index contributed by atoms with van der Waals surface area (Å²) in [4.78, 5) is 2.72. The molecule has 0 aliphatic rings. The summed E-state index contributed by atoms with van der Waals surface area (Å²) in [5.74, 6) is 0. The molecule has 0 aromatic heterocycles. The second-order valence-corrected chi connectivity index (χ2v) is 3.02. The van der Waals surface area contributed by atoms with Crippen LogP contribution in [-0.4, -0.2) is 28.9 Å². The van der Waals surface area contributed by atoms with Gasteiger partial charge in [0.2, 0.25) is 5.01 Å². The second-order valence-electron chi connectivity index (χ2n) is 2.19. The van der Waals surface area contributed by atoms with Crippen molar-refractivity contribution in [3.63, 3.8) is 0 Å². The quantitative estimate of drug-likeness (QED) is 0.332. The van der Waals surface area contributed by atoms with Gasteiger partial charge in [-0.05, 0) is 15.9 Å². The van der Waals surface area contributed by atoms with E-state index in [2.05, 4.69) is 4.84 Å². The number of nitrogens with zero attached hydrogens (tertiary/aromatic N) is 1. The molecule has 0 spiro atoms. The van der Waals surface area contributed by atoms with E-state index in [9.17, 15) is 39.5 Å². The molecule has 0 saturated heterocycles. The summed E-state index contributed by atoms with van der Waals surface area (Å²) in [6.45, 7) is 0. The lowest BCUT2D eigenvalue weighted by atomic mass is 10.7. The molecule has 0 saturated carbocycles. The minimum Gasteiger partial charge on any atom is -0.259 e. The molecule has 0 radical (unpaired) electrons. The predicted molar refractivity (Wildman–Crippen MR) is 33.8 cm³/mol. The van der Waals surface area contributed by atoms with E-state index in [1.54, 1.807) is 0 Å². The number of halogens is 10. The van der Waals surface area contributed by atoms with Gasteiger partial charge in [-0.2, -0.15) is 39.5 Å². The first-order valence-electron chi connectivity index (χ1n) is 3.07. The molecule has 0 aromatic rings. The maximum absolute atomic E-state index is 11.7. The first-order valence-corrected chi connectivity index (χ1v) is 3.99. The maximum atomic E-state index is 11.7. The first kappa shape index (κ1) is 15.8. The van der Waals surface area contributed by atoms with Gasteiger partial charge in [0.15, 0.2) is 0 Å². The first-order chi connectivity index (χ1) is 6.76. The monoisotopic (exact) mass is 329 g/mol. The lowest BCUT2D eigenvalue weighted by Gasteiger charge is -2.28. The van der Waals surface area contributed by atoms with E-state index in [1.807, 2.05) is 0 Å². The van der Waals surface area contributed by atoms with Gasteiger partial charge in [0, 0.05) is 5.06 Å². The molecule has 1 atom stereocenters. The average Bonchev–Trinajstić information content (AvgIpc) is 1.92. The summed E-state index contributed by atoms with van der Waals surface area (Å²) in [6.07, 6.45) is -17.7. The zero-order valence-electron chi connectivity index (χ0n) is 6.71. The minimum atomic E-state index is -6.14. The van der Waals surface area contributed by atoms with Gasteiger partial charge in [0.05, 0.1) is 0 Å². The van der Waals surface area contributed by atoms with Crippen molar-refractivity contribution >= 4 is 15.9 Å². The SMILES string of the molecule is FC(F)(F)C(Br)ON(C(F)(F)F)C(F)(F)F. The van der Waals surface area contributed by atoms with Crippen LogP contribution in [0.4, 0.5) is 39.5 Å². The Bertz CT molecular complexity index is 217. The van der Waals surface area contributed by atoms with E-state index < -0.39 is 28.9 Å². The Kier molecular flexibility index (Phi) is 4.50. The summed E-state index contributed by atoms with van der Waals surface area (Å²) in [6, 6.07) is 0. The summed E-state index contributed by atoms with van der Waals surface area (Å²) >= 11 is 1.50. The Morgan fingerprint density at radius 3 is 1.31 bits per heavy atom. The molecule has 0 fully saturated rings. The van der Waals surface area contributed by atoms with Crippen LogP contribution in [0.1, 0.15) is 0 Å². The van der Waals surface area contributed by atoms with Crippen LogP contribution in [-0.2, 0) is 4.84 Å². The van der Waals surface area contributed by atoms with Crippen molar-refractivity contribution in [3.05, 3.63) is 0 Å². The van der Waals surface area contributed by atoms with Gasteiger partial charge in [-0.25, -0.2) is 0 Å². The molecule has 1 unspecified atom stereocenters. The van der Waals surface area contributed by atoms with Crippen molar-refractivity contribution in [1.29, 1.82) is 0 Å². The van der Waals surface area contributed by atoms with Crippen LogP contribution < -0.4 is 0 Å². The number of alkyl halides is 10. The molecule has 98 valence electrons. The highest BCUT2D eigenvalue weighted by Crippen LogP contribution is 2.38. The Morgan fingerprint density at radius 1 is 0.812 bits per heavy atom. The Morgan fingerprint density at radius 2 is 1.12 bits per heavy atom. The third-order valence-electron chi connectivity index (χ3n) is 0.916. The van der Waals surface area contributed by atoms with Gasteiger partial charge >= 0.3 is 18.8 Å². The predicted octanol–water partition coefficient (Wildman–Crippen LogP) is 3.54. The van der Waals surface area contributed by atoms with E-state index in [0.717, 1.165) is 0 Å². The van der Waals surface area contributed by atoms with Crippen molar-refractivity contribution in [2.75, 3.05) is 0 Å². The third kappa shape index (κ3) is 4.74. The molecule has 0 heterocycles. The van der Waals surface area contributed by atoms with Crippen LogP contribution in [0.3, 0.4) is 0 Å². The van der Waals surface area contributed by atoms with Gasteiger partial charge in [-0.15, -0.1) is 0 Å². The highest BCUT2D eigenvalue weighted by molar-refractivity contribution is 9.09. The number of rotatable bonds is 2. The van der Waals surface area contributed by atoms with Crippen LogP contribution in [0, 0.1) is 0 Å². The van der Waals surface area contributed by atoms with Crippen LogP contribution in [0.2, 0.25) is 0 Å². The van der Waals surface area contributed by atoms with Gasteiger partial charge in [0.25, 0.3) is 0 Å². The molecule has 0 amide bonds. The molecular weight excluding hydrogens is 329 g/mol. The van der Waals surface area contributed by atoms with E-state index in [0.29, 0.717) is 0 Å². The smallest absolute Gasteiger partial charge is 0.259 e. The van der Waals surface area contributed by atoms with Crippen molar-refractivity contribution < 1.29 is 44.4 Å². The summed E-state index contributed by atoms with van der Waals surface area (Å²) in [5.41, 5.74) is 0. The van der Waals surface area contributed by atoms with E-state index >= 15 is 0 Å². The fraction of sp³-hybridized carbons (Fsp3) is 1.00. The molecule has 0 bridgehead atoms. The van der Waals surface area contributed by atoms with Crippen molar-refractivity contribution in [3.8, 4) is 0 Å². The summed E-state index contributed by atoms with van der Waals surface area (Å²) < 4.78 is 105. The molecule has 16 heavy (non-hydrogen) atoms. The van der Waals surface area contributed by atoms with Crippen molar-refractivity contribution in [1.82, 2.24) is 5.06 Å². The minimum absolute atomic E-state index is 1.50. The number of hydrogen-bond acceptors (Lipinski definition) is 2. The Labute approximate surface area is 90.0 Å². The van der Waals surface area contributed by atoms with E-state index in [-0.39, 0.29) is 0 Å². The normalized spacial score (nSPS) is 16.7. The highest BCUT2D eigenvalue weighted by Gasteiger charge is 2.58. The fourth-order valence-corrected chi connectivity index (χ4v) is 0.583. The van der Waals surface area contributed by atoms with Crippen LogP contribution in [0.15, 0.2) is 0 Å². The fourth-order valence-electron chi connectivity index (χ4n) is 0.416. The van der Waals surface area contributed by atoms with Crippen molar-refractivity contribution in [2.45, 2.75) is 23.8 Å². The van der Waals surface area contributed by atoms with Gasteiger partial charge in [0.1, 0.15) is 0 Å². The van der Waals surface area contributed by atoms with Crippen LogP contribution >= 0.6 is 15.9 Å². The van der Waals surface area contributed by atoms with Crippen molar-refractivity contribution in [2.24, 2.45) is 0 Å². The summed E-state index contributed by atoms with van der Waals surface area (Å²) in [5, 5.41) is -6.07.